The topological polar surface area (TPSA) is 61.8 Å². The second-order valence-corrected chi connectivity index (χ2v) is 4.99. The Morgan fingerprint density at radius 1 is 1.43 bits per heavy atom. The van der Waals surface area contributed by atoms with Crippen LogP contribution in [0.3, 0.4) is 0 Å². The highest BCUT2D eigenvalue weighted by molar-refractivity contribution is 7.80. The molecule has 21 heavy (non-hydrogen) atoms. The van der Waals surface area contributed by atoms with Crippen LogP contribution < -0.4 is 10.1 Å². The van der Waals surface area contributed by atoms with Crippen LogP contribution in [0.4, 0.5) is 0 Å². The zero-order valence-corrected chi connectivity index (χ0v) is 12.9. The van der Waals surface area contributed by atoms with Gasteiger partial charge in [0.05, 0.1) is 6.61 Å². The molecular formula is C15H18N2O3S. The van der Waals surface area contributed by atoms with Gasteiger partial charge in [0.1, 0.15) is 5.70 Å². The van der Waals surface area contributed by atoms with Crippen molar-refractivity contribution in [3.05, 3.63) is 29.5 Å². The minimum Gasteiger partial charge on any atom is -0.504 e. The molecule has 0 atom stereocenters. The smallest absolute Gasteiger partial charge is 0.276 e. The van der Waals surface area contributed by atoms with Crippen LogP contribution in [0.5, 0.6) is 11.5 Å². The molecule has 1 aliphatic heterocycles. The molecule has 1 fully saturated rings. The highest BCUT2D eigenvalue weighted by atomic mass is 32.1. The summed E-state index contributed by atoms with van der Waals surface area (Å²) in [7, 11) is 0. The first-order chi connectivity index (χ1) is 10.1. The molecular weight excluding hydrogens is 288 g/mol. The van der Waals surface area contributed by atoms with Gasteiger partial charge >= 0.3 is 0 Å². The van der Waals surface area contributed by atoms with Crippen LogP contribution in [0.2, 0.25) is 0 Å². The van der Waals surface area contributed by atoms with E-state index in [1.807, 2.05) is 13.8 Å². The molecule has 0 aromatic heterocycles. The zero-order valence-electron chi connectivity index (χ0n) is 12.0. The number of amides is 1. The van der Waals surface area contributed by atoms with Crippen molar-refractivity contribution in [3.8, 4) is 11.5 Å². The van der Waals surface area contributed by atoms with Gasteiger partial charge < -0.3 is 15.2 Å². The molecule has 6 heteroatoms. The molecule has 1 saturated heterocycles. The maximum absolute atomic E-state index is 12.2. The average molecular weight is 306 g/mol. The van der Waals surface area contributed by atoms with Crippen molar-refractivity contribution < 1.29 is 14.6 Å². The van der Waals surface area contributed by atoms with Gasteiger partial charge in [0.25, 0.3) is 5.91 Å². The minimum absolute atomic E-state index is 0.0767. The summed E-state index contributed by atoms with van der Waals surface area (Å²) in [6.07, 6.45) is 2.54. The summed E-state index contributed by atoms with van der Waals surface area (Å²) < 4.78 is 5.33. The highest BCUT2D eigenvalue weighted by Gasteiger charge is 2.29. The Labute approximate surface area is 129 Å². The number of hydrogen-bond acceptors (Lipinski definition) is 4. The molecule has 1 aromatic carbocycles. The van der Waals surface area contributed by atoms with Crippen molar-refractivity contribution in [2.75, 3.05) is 13.2 Å². The molecule has 2 rings (SSSR count). The molecule has 5 nitrogen and oxygen atoms in total. The fourth-order valence-corrected chi connectivity index (χ4v) is 2.34. The molecule has 0 aliphatic carbocycles. The molecule has 1 aromatic rings. The van der Waals surface area contributed by atoms with Crippen molar-refractivity contribution in [1.29, 1.82) is 0 Å². The highest BCUT2D eigenvalue weighted by Crippen LogP contribution is 2.28. The number of hydrogen-bond donors (Lipinski definition) is 2. The van der Waals surface area contributed by atoms with Crippen molar-refractivity contribution >= 4 is 29.3 Å². The Balaban J connectivity index is 2.26. The molecule has 0 radical (unpaired) electrons. The third-order valence-corrected chi connectivity index (χ3v) is 3.33. The third-order valence-electron chi connectivity index (χ3n) is 3.00. The third kappa shape index (κ3) is 3.33. The summed E-state index contributed by atoms with van der Waals surface area (Å²) in [5.41, 5.74) is 1.19. The number of carbonyl (C=O) groups is 1. The van der Waals surface area contributed by atoms with Gasteiger partial charge in [-0.1, -0.05) is 13.0 Å². The zero-order chi connectivity index (χ0) is 15.4. The monoisotopic (exact) mass is 306 g/mol. The Kier molecular flexibility index (Phi) is 4.80. The number of nitrogens with zero attached hydrogens (tertiary/aromatic N) is 1. The maximum Gasteiger partial charge on any atom is 0.276 e. The van der Waals surface area contributed by atoms with Crippen molar-refractivity contribution in [3.63, 3.8) is 0 Å². The van der Waals surface area contributed by atoms with Gasteiger partial charge in [-0.15, -0.1) is 0 Å². The largest absolute Gasteiger partial charge is 0.504 e. The van der Waals surface area contributed by atoms with Crippen LogP contribution in [0, 0.1) is 0 Å². The van der Waals surface area contributed by atoms with Gasteiger partial charge in [-0.3, -0.25) is 9.69 Å². The number of benzene rings is 1. The SMILES string of the molecule is CCCN1C(=O)C(=Cc2ccc(O)c(OCC)c2)NC1=S. The number of aromatic hydroxyl groups is 1. The van der Waals surface area contributed by atoms with Crippen LogP contribution in [0.25, 0.3) is 6.08 Å². The molecule has 1 aliphatic rings. The van der Waals surface area contributed by atoms with E-state index in [4.69, 9.17) is 17.0 Å². The standard InChI is InChI=1S/C15H18N2O3S/c1-3-7-17-14(19)11(16-15(17)21)8-10-5-6-12(18)13(9-10)20-4-2/h5-6,8-9,18H,3-4,7H2,1-2H3,(H,16,21). The second-order valence-electron chi connectivity index (χ2n) is 4.61. The molecule has 0 unspecified atom stereocenters. The van der Waals surface area contributed by atoms with E-state index in [0.717, 1.165) is 12.0 Å². The van der Waals surface area contributed by atoms with Gasteiger partial charge in [0.2, 0.25) is 0 Å². The summed E-state index contributed by atoms with van der Waals surface area (Å²) in [5, 5.41) is 13.0. The summed E-state index contributed by atoms with van der Waals surface area (Å²) in [6.45, 7) is 4.89. The number of phenols is 1. The molecule has 0 spiro atoms. The molecule has 0 saturated carbocycles. The number of thiocarbonyl (C=S) groups is 1. The number of ether oxygens (including phenoxy) is 1. The van der Waals surface area contributed by atoms with Crippen LogP contribution in [-0.4, -0.2) is 34.2 Å². The Bertz CT molecular complexity index is 599. The van der Waals surface area contributed by atoms with Gasteiger partial charge in [0.15, 0.2) is 16.6 Å². The van der Waals surface area contributed by atoms with Crippen LogP contribution in [-0.2, 0) is 4.79 Å². The average Bonchev–Trinajstić information content (AvgIpc) is 2.71. The van der Waals surface area contributed by atoms with E-state index in [0.29, 0.717) is 29.7 Å². The predicted octanol–water partition coefficient (Wildman–Crippen LogP) is 2.26. The Morgan fingerprint density at radius 3 is 2.86 bits per heavy atom. The van der Waals surface area contributed by atoms with E-state index in [1.165, 1.54) is 0 Å². The van der Waals surface area contributed by atoms with Gasteiger partial charge in [0, 0.05) is 6.54 Å². The van der Waals surface area contributed by atoms with E-state index in [1.54, 1.807) is 29.2 Å². The van der Waals surface area contributed by atoms with Gasteiger partial charge in [-0.05, 0) is 49.3 Å². The van der Waals surface area contributed by atoms with Crippen molar-refractivity contribution in [1.82, 2.24) is 10.2 Å². The molecule has 112 valence electrons. The van der Waals surface area contributed by atoms with Gasteiger partial charge in [-0.25, -0.2) is 0 Å². The first-order valence-electron chi connectivity index (χ1n) is 6.87. The first-order valence-corrected chi connectivity index (χ1v) is 7.28. The second kappa shape index (κ2) is 6.58. The lowest BCUT2D eigenvalue weighted by molar-refractivity contribution is -0.122. The minimum atomic E-state index is -0.132. The number of carbonyl (C=O) groups excluding carboxylic acids is 1. The molecule has 1 heterocycles. The Hall–Kier alpha value is -2.08. The normalized spacial score (nSPS) is 16.5. The fourth-order valence-electron chi connectivity index (χ4n) is 2.06. The van der Waals surface area contributed by atoms with E-state index in [9.17, 15) is 9.90 Å². The number of nitrogens with one attached hydrogen (secondary N) is 1. The lowest BCUT2D eigenvalue weighted by Crippen LogP contribution is -2.31. The Morgan fingerprint density at radius 2 is 2.19 bits per heavy atom. The van der Waals surface area contributed by atoms with E-state index < -0.39 is 0 Å². The number of phenolic OH excluding ortho intramolecular Hbond substituents is 1. The summed E-state index contributed by atoms with van der Waals surface area (Å²) in [5.74, 6) is 0.339. The number of rotatable bonds is 5. The lowest BCUT2D eigenvalue weighted by atomic mass is 10.1. The molecule has 1 amide bonds. The molecule has 0 bridgehead atoms. The van der Waals surface area contributed by atoms with Crippen LogP contribution >= 0.6 is 12.2 Å². The van der Waals surface area contributed by atoms with Crippen LogP contribution in [0.1, 0.15) is 25.8 Å². The van der Waals surface area contributed by atoms with E-state index in [2.05, 4.69) is 5.32 Å². The first kappa shape index (κ1) is 15.3. The maximum atomic E-state index is 12.2. The summed E-state index contributed by atoms with van der Waals surface area (Å²) in [4.78, 5) is 13.8. The van der Waals surface area contributed by atoms with E-state index in [-0.39, 0.29) is 11.7 Å². The van der Waals surface area contributed by atoms with Gasteiger partial charge in [-0.2, -0.15) is 0 Å². The quantitative estimate of drug-likeness (QED) is 0.645. The van der Waals surface area contributed by atoms with Crippen molar-refractivity contribution in [2.24, 2.45) is 0 Å². The predicted molar refractivity (Wildman–Crippen MR) is 85.0 cm³/mol. The summed E-state index contributed by atoms with van der Waals surface area (Å²) >= 11 is 5.15. The fraction of sp³-hybridized carbons (Fsp3) is 0.333. The van der Waals surface area contributed by atoms with E-state index >= 15 is 0 Å². The molecule has 2 N–H and O–H groups in total. The lowest BCUT2D eigenvalue weighted by Gasteiger charge is -2.11. The van der Waals surface area contributed by atoms with Crippen molar-refractivity contribution in [2.45, 2.75) is 20.3 Å². The summed E-state index contributed by atoms with van der Waals surface area (Å²) in [6, 6.07) is 4.94. The van der Waals surface area contributed by atoms with Crippen LogP contribution in [0.15, 0.2) is 23.9 Å².